The molecule has 1 amide bonds. The van der Waals surface area contributed by atoms with Gasteiger partial charge in [-0.1, -0.05) is 0 Å². The van der Waals surface area contributed by atoms with Gasteiger partial charge in [0.25, 0.3) is 0 Å². The Bertz CT molecular complexity index is 592. The van der Waals surface area contributed by atoms with E-state index >= 15 is 0 Å². The molecular weight excluding hydrogens is 272 g/mol. The lowest BCUT2D eigenvalue weighted by Crippen LogP contribution is -2.31. The molecule has 0 atom stereocenters. The van der Waals surface area contributed by atoms with Crippen LogP contribution in [0.15, 0.2) is 11.7 Å². The zero-order valence-electron chi connectivity index (χ0n) is 12.1. The number of aryl methyl sites for hydroxylation is 1. The van der Waals surface area contributed by atoms with Gasteiger partial charge >= 0.3 is 0 Å². The number of fused-ring (bicyclic) bond motifs is 1. The van der Waals surface area contributed by atoms with E-state index < -0.39 is 0 Å². The van der Waals surface area contributed by atoms with Crippen molar-refractivity contribution in [3.8, 4) is 0 Å². The Hall–Kier alpha value is -1.69. The number of hydrogen-bond acceptors (Lipinski definition) is 5. The van der Waals surface area contributed by atoms with Gasteiger partial charge in [0.15, 0.2) is 0 Å². The normalized spacial score (nSPS) is 10.8. The Kier molecular flexibility index (Phi) is 4.89. The van der Waals surface area contributed by atoms with Crippen LogP contribution in [-0.4, -0.2) is 40.4 Å². The van der Waals surface area contributed by atoms with Gasteiger partial charge in [0, 0.05) is 26.1 Å². The first-order valence-electron chi connectivity index (χ1n) is 6.87. The molecule has 0 spiro atoms. The molecular formula is C14H20N4OS. The number of thiophene rings is 1. The molecule has 2 heterocycles. The SMILES string of the molecule is CCN(CC)C(=O)CCNc1ncnc2c(C)csc12. The topological polar surface area (TPSA) is 58.1 Å². The minimum Gasteiger partial charge on any atom is -0.368 e. The lowest BCUT2D eigenvalue weighted by Gasteiger charge is -2.18. The van der Waals surface area contributed by atoms with E-state index in [1.807, 2.05) is 25.7 Å². The molecule has 0 fully saturated rings. The summed E-state index contributed by atoms with van der Waals surface area (Å²) in [4.78, 5) is 22.3. The van der Waals surface area contributed by atoms with Crippen LogP contribution in [0.5, 0.6) is 0 Å². The van der Waals surface area contributed by atoms with Crippen LogP contribution in [0.1, 0.15) is 25.8 Å². The van der Waals surface area contributed by atoms with Gasteiger partial charge in [-0.25, -0.2) is 9.97 Å². The van der Waals surface area contributed by atoms with E-state index in [0.717, 1.165) is 34.7 Å². The molecule has 6 heteroatoms. The smallest absolute Gasteiger partial charge is 0.224 e. The molecule has 108 valence electrons. The zero-order valence-corrected chi connectivity index (χ0v) is 13.0. The Balaban J connectivity index is 1.98. The number of carbonyl (C=O) groups is 1. The number of hydrogen-bond donors (Lipinski definition) is 1. The predicted molar refractivity (Wildman–Crippen MR) is 83.2 cm³/mol. The highest BCUT2D eigenvalue weighted by molar-refractivity contribution is 7.18. The quantitative estimate of drug-likeness (QED) is 0.889. The maximum Gasteiger partial charge on any atom is 0.224 e. The third kappa shape index (κ3) is 3.07. The summed E-state index contributed by atoms with van der Waals surface area (Å²) in [6.07, 6.45) is 2.05. The van der Waals surface area contributed by atoms with E-state index in [4.69, 9.17) is 0 Å². The first-order valence-corrected chi connectivity index (χ1v) is 7.75. The monoisotopic (exact) mass is 292 g/mol. The molecule has 0 aliphatic rings. The van der Waals surface area contributed by atoms with Crippen LogP contribution in [0.2, 0.25) is 0 Å². The van der Waals surface area contributed by atoms with Crippen LogP contribution in [0.4, 0.5) is 5.82 Å². The van der Waals surface area contributed by atoms with Crippen LogP contribution < -0.4 is 5.32 Å². The van der Waals surface area contributed by atoms with Crippen molar-refractivity contribution in [1.82, 2.24) is 14.9 Å². The second-order valence-electron chi connectivity index (χ2n) is 4.56. The second kappa shape index (κ2) is 6.65. The maximum atomic E-state index is 11.9. The molecule has 2 aromatic rings. The number of aromatic nitrogens is 2. The highest BCUT2D eigenvalue weighted by atomic mass is 32.1. The fraction of sp³-hybridized carbons (Fsp3) is 0.500. The van der Waals surface area contributed by atoms with Crippen molar-refractivity contribution in [2.75, 3.05) is 25.0 Å². The van der Waals surface area contributed by atoms with Crippen molar-refractivity contribution >= 4 is 33.3 Å². The Morgan fingerprint density at radius 1 is 1.35 bits per heavy atom. The third-order valence-corrected chi connectivity index (χ3v) is 4.37. The molecule has 0 bridgehead atoms. The van der Waals surface area contributed by atoms with Gasteiger partial charge in [0.2, 0.25) is 5.91 Å². The van der Waals surface area contributed by atoms with E-state index in [2.05, 4.69) is 20.7 Å². The largest absolute Gasteiger partial charge is 0.368 e. The van der Waals surface area contributed by atoms with Crippen LogP contribution >= 0.6 is 11.3 Å². The van der Waals surface area contributed by atoms with Crippen LogP contribution in [-0.2, 0) is 4.79 Å². The zero-order chi connectivity index (χ0) is 14.5. The van der Waals surface area contributed by atoms with Gasteiger partial charge in [0.05, 0.1) is 10.2 Å². The van der Waals surface area contributed by atoms with Gasteiger partial charge in [-0.05, 0) is 31.7 Å². The van der Waals surface area contributed by atoms with E-state index in [1.54, 1.807) is 17.7 Å². The lowest BCUT2D eigenvalue weighted by atomic mass is 10.3. The van der Waals surface area contributed by atoms with Gasteiger partial charge in [-0.3, -0.25) is 4.79 Å². The number of carbonyl (C=O) groups excluding carboxylic acids is 1. The summed E-state index contributed by atoms with van der Waals surface area (Å²) in [6, 6.07) is 0. The summed E-state index contributed by atoms with van der Waals surface area (Å²) >= 11 is 1.63. The van der Waals surface area contributed by atoms with Crippen molar-refractivity contribution in [3.63, 3.8) is 0 Å². The van der Waals surface area contributed by atoms with E-state index in [9.17, 15) is 4.79 Å². The van der Waals surface area contributed by atoms with E-state index in [0.29, 0.717) is 13.0 Å². The number of nitrogens with zero attached hydrogens (tertiary/aromatic N) is 3. The van der Waals surface area contributed by atoms with Crippen molar-refractivity contribution in [3.05, 3.63) is 17.3 Å². The van der Waals surface area contributed by atoms with Gasteiger partial charge in [0.1, 0.15) is 12.1 Å². The Morgan fingerprint density at radius 2 is 2.10 bits per heavy atom. The van der Waals surface area contributed by atoms with Crippen molar-refractivity contribution in [1.29, 1.82) is 0 Å². The van der Waals surface area contributed by atoms with E-state index in [1.165, 1.54) is 0 Å². The second-order valence-corrected chi connectivity index (χ2v) is 5.44. The molecule has 1 N–H and O–H groups in total. The first kappa shape index (κ1) is 14.7. The van der Waals surface area contributed by atoms with Crippen molar-refractivity contribution < 1.29 is 4.79 Å². The van der Waals surface area contributed by atoms with Crippen LogP contribution in [0, 0.1) is 6.92 Å². The molecule has 0 aliphatic heterocycles. The summed E-state index contributed by atoms with van der Waals surface area (Å²) in [7, 11) is 0. The number of amides is 1. The molecule has 0 saturated carbocycles. The minimum absolute atomic E-state index is 0.176. The molecule has 2 aromatic heterocycles. The molecule has 2 rings (SSSR count). The molecule has 0 aliphatic carbocycles. The third-order valence-electron chi connectivity index (χ3n) is 3.28. The molecule has 0 unspecified atom stereocenters. The Morgan fingerprint density at radius 3 is 2.80 bits per heavy atom. The predicted octanol–water partition coefficient (Wildman–Crippen LogP) is 2.67. The lowest BCUT2D eigenvalue weighted by molar-refractivity contribution is -0.130. The van der Waals surface area contributed by atoms with Crippen molar-refractivity contribution in [2.45, 2.75) is 27.2 Å². The fourth-order valence-electron chi connectivity index (χ4n) is 2.12. The van der Waals surface area contributed by atoms with Gasteiger partial charge in [-0.2, -0.15) is 0 Å². The van der Waals surface area contributed by atoms with Crippen molar-refractivity contribution in [2.24, 2.45) is 0 Å². The number of anilines is 1. The standard InChI is InChI=1S/C14H20N4OS/c1-4-18(5-2)11(19)6-7-15-14-13-12(16-9-17-14)10(3)8-20-13/h8-9H,4-7H2,1-3H3,(H,15,16,17). The van der Waals surface area contributed by atoms with Gasteiger partial charge in [-0.15, -0.1) is 11.3 Å². The summed E-state index contributed by atoms with van der Waals surface area (Å²) < 4.78 is 1.06. The summed E-state index contributed by atoms with van der Waals surface area (Å²) in [5, 5.41) is 5.32. The van der Waals surface area contributed by atoms with Gasteiger partial charge < -0.3 is 10.2 Å². The van der Waals surface area contributed by atoms with Crippen LogP contribution in [0.3, 0.4) is 0 Å². The number of nitrogens with one attached hydrogen (secondary N) is 1. The molecule has 5 nitrogen and oxygen atoms in total. The summed E-state index contributed by atoms with van der Waals surface area (Å²) in [5.41, 5.74) is 2.15. The van der Waals surface area contributed by atoms with Crippen LogP contribution in [0.25, 0.3) is 10.2 Å². The minimum atomic E-state index is 0.176. The fourth-order valence-corrected chi connectivity index (χ4v) is 3.09. The molecule has 0 aromatic carbocycles. The molecule has 20 heavy (non-hydrogen) atoms. The number of rotatable bonds is 6. The maximum absolute atomic E-state index is 11.9. The highest BCUT2D eigenvalue weighted by Crippen LogP contribution is 2.28. The highest BCUT2D eigenvalue weighted by Gasteiger charge is 2.11. The summed E-state index contributed by atoms with van der Waals surface area (Å²) in [5.74, 6) is 0.996. The Labute approximate surface area is 123 Å². The molecule has 0 saturated heterocycles. The average Bonchev–Trinajstić information content (AvgIpc) is 2.83. The molecule has 0 radical (unpaired) electrons. The van der Waals surface area contributed by atoms with E-state index in [-0.39, 0.29) is 5.91 Å². The summed E-state index contributed by atoms with van der Waals surface area (Å²) in [6.45, 7) is 8.15. The first-order chi connectivity index (χ1) is 9.67. The average molecular weight is 292 g/mol.